The molecule has 2 amide bonds. The average Bonchev–Trinajstić information content (AvgIpc) is 2.46. The summed E-state index contributed by atoms with van der Waals surface area (Å²) in [6.45, 7) is 1.68. The van der Waals surface area contributed by atoms with Crippen molar-refractivity contribution in [2.75, 3.05) is 0 Å². The average molecular weight is 312 g/mol. The van der Waals surface area contributed by atoms with Gasteiger partial charge < -0.3 is 11.1 Å². The lowest BCUT2D eigenvalue weighted by atomic mass is 10.1. The van der Waals surface area contributed by atoms with Crippen molar-refractivity contribution in [2.45, 2.75) is 38.6 Å². The first-order valence-corrected chi connectivity index (χ1v) is 6.88. The molecule has 1 rings (SSSR count). The van der Waals surface area contributed by atoms with E-state index in [0.29, 0.717) is 6.42 Å². The van der Waals surface area contributed by atoms with Gasteiger partial charge in [0.15, 0.2) is 0 Å². The minimum absolute atomic E-state index is 0.0630. The second-order valence-corrected chi connectivity index (χ2v) is 4.83. The van der Waals surface area contributed by atoms with Crippen LogP contribution in [-0.2, 0) is 20.8 Å². The van der Waals surface area contributed by atoms with Crippen LogP contribution in [0, 0.1) is 11.6 Å². The zero-order chi connectivity index (χ0) is 16.7. The Hall–Kier alpha value is -2.31. The second-order valence-electron chi connectivity index (χ2n) is 4.83. The van der Waals surface area contributed by atoms with Crippen LogP contribution >= 0.6 is 0 Å². The molecule has 1 aromatic rings. The van der Waals surface area contributed by atoms with Gasteiger partial charge in [-0.15, -0.1) is 0 Å². The van der Waals surface area contributed by atoms with Crippen LogP contribution in [0.4, 0.5) is 8.78 Å². The number of rotatable bonds is 8. The summed E-state index contributed by atoms with van der Waals surface area (Å²) in [7, 11) is 0. The summed E-state index contributed by atoms with van der Waals surface area (Å²) < 4.78 is 26.9. The van der Waals surface area contributed by atoms with E-state index in [1.54, 1.807) is 6.92 Å². The Bertz CT molecular complexity index is 556. The molecule has 3 N–H and O–H groups in total. The van der Waals surface area contributed by atoms with Gasteiger partial charge in [0.1, 0.15) is 23.5 Å². The third kappa shape index (κ3) is 5.23. The largest absolute Gasteiger partial charge is 0.368 e. The molecule has 0 fully saturated rings. The maximum absolute atomic E-state index is 13.5. The fourth-order valence-corrected chi connectivity index (χ4v) is 1.87. The maximum atomic E-state index is 13.5. The van der Waals surface area contributed by atoms with Gasteiger partial charge in [0, 0.05) is 18.4 Å². The van der Waals surface area contributed by atoms with E-state index >= 15 is 0 Å². The molecule has 120 valence electrons. The Morgan fingerprint density at radius 2 is 1.82 bits per heavy atom. The molecule has 0 spiro atoms. The molecule has 0 heterocycles. The first-order valence-electron chi connectivity index (χ1n) is 6.88. The van der Waals surface area contributed by atoms with Crippen LogP contribution in [0.25, 0.3) is 0 Å². The van der Waals surface area contributed by atoms with Gasteiger partial charge in [0.2, 0.25) is 11.8 Å². The van der Waals surface area contributed by atoms with Crippen molar-refractivity contribution in [3.63, 3.8) is 0 Å². The Morgan fingerprint density at radius 1 is 1.23 bits per heavy atom. The maximum Gasteiger partial charge on any atom is 0.240 e. The number of carbonyl (C=O) groups excluding carboxylic acids is 3. The zero-order valence-electron chi connectivity index (χ0n) is 12.2. The van der Waals surface area contributed by atoms with E-state index in [2.05, 4.69) is 5.32 Å². The summed E-state index contributed by atoms with van der Waals surface area (Å²) in [6.07, 6.45) is -0.0736. The number of nitrogens with two attached hydrogens (primary N) is 1. The van der Waals surface area contributed by atoms with Gasteiger partial charge in [-0.25, -0.2) is 8.78 Å². The molecule has 22 heavy (non-hydrogen) atoms. The number of primary amides is 1. The zero-order valence-corrected chi connectivity index (χ0v) is 12.2. The fraction of sp³-hybridized carbons (Fsp3) is 0.400. The summed E-state index contributed by atoms with van der Waals surface area (Å²) in [5.41, 5.74) is 4.77. The first-order chi connectivity index (χ1) is 10.3. The van der Waals surface area contributed by atoms with E-state index in [4.69, 9.17) is 5.73 Å². The van der Waals surface area contributed by atoms with Gasteiger partial charge in [-0.1, -0.05) is 13.0 Å². The normalized spacial score (nSPS) is 11.8. The van der Waals surface area contributed by atoms with E-state index in [1.807, 2.05) is 0 Å². The van der Waals surface area contributed by atoms with Crippen LogP contribution in [0.3, 0.4) is 0 Å². The number of hydrogen-bond acceptors (Lipinski definition) is 3. The molecule has 1 atom stereocenters. The highest BCUT2D eigenvalue weighted by Gasteiger charge is 2.20. The monoisotopic (exact) mass is 312 g/mol. The molecule has 1 aromatic carbocycles. The molecule has 0 unspecified atom stereocenters. The topological polar surface area (TPSA) is 89.3 Å². The van der Waals surface area contributed by atoms with Crippen molar-refractivity contribution in [1.82, 2.24) is 5.32 Å². The molecule has 5 nitrogen and oxygen atoms in total. The number of Topliss-reactive ketones (excluding diaryl/α,β-unsaturated/α-hetero) is 1. The van der Waals surface area contributed by atoms with Gasteiger partial charge in [-0.05, 0) is 18.6 Å². The minimum atomic E-state index is -1.04. The number of ketones is 1. The molecule has 0 radical (unpaired) electrons. The van der Waals surface area contributed by atoms with Crippen molar-refractivity contribution in [2.24, 2.45) is 5.73 Å². The standard InChI is InChI=1S/C15H18F2N2O3/c1-2-9(20)6-7-13(15(18)22)19-14(21)8-10-11(16)4-3-5-12(10)17/h3-5,13H,2,6-8H2,1H3,(H2,18,22)(H,19,21)/t13-/m0/s1. The van der Waals surface area contributed by atoms with Crippen LogP contribution in [0.2, 0.25) is 0 Å². The molecule has 0 saturated carbocycles. The number of halogens is 2. The van der Waals surface area contributed by atoms with Crippen LogP contribution in [0.15, 0.2) is 18.2 Å². The van der Waals surface area contributed by atoms with Crippen molar-refractivity contribution < 1.29 is 23.2 Å². The van der Waals surface area contributed by atoms with E-state index in [9.17, 15) is 23.2 Å². The summed E-state index contributed by atoms with van der Waals surface area (Å²) in [6, 6.07) is 2.22. The predicted molar refractivity (Wildman–Crippen MR) is 75.7 cm³/mol. The van der Waals surface area contributed by atoms with Crippen LogP contribution in [-0.4, -0.2) is 23.6 Å². The lowest BCUT2D eigenvalue weighted by Gasteiger charge is -2.15. The molecule has 0 aliphatic heterocycles. The molecule has 0 bridgehead atoms. The van der Waals surface area contributed by atoms with Gasteiger partial charge in [0.25, 0.3) is 0 Å². The van der Waals surface area contributed by atoms with Crippen molar-refractivity contribution in [3.8, 4) is 0 Å². The first kappa shape index (κ1) is 17.7. The molecule has 0 aliphatic rings. The van der Waals surface area contributed by atoms with E-state index in [1.165, 1.54) is 6.07 Å². The highest BCUT2D eigenvalue weighted by Crippen LogP contribution is 2.12. The van der Waals surface area contributed by atoms with Crippen molar-refractivity contribution in [3.05, 3.63) is 35.4 Å². The van der Waals surface area contributed by atoms with Gasteiger partial charge >= 0.3 is 0 Å². The number of amides is 2. The molecule has 0 aliphatic carbocycles. The minimum Gasteiger partial charge on any atom is -0.368 e. The lowest BCUT2D eigenvalue weighted by molar-refractivity contribution is -0.127. The quantitative estimate of drug-likeness (QED) is 0.757. The van der Waals surface area contributed by atoms with Gasteiger partial charge in [-0.2, -0.15) is 0 Å². The van der Waals surface area contributed by atoms with Crippen LogP contribution in [0.1, 0.15) is 31.7 Å². The third-order valence-electron chi connectivity index (χ3n) is 3.18. The number of carbonyl (C=O) groups is 3. The van der Waals surface area contributed by atoms with Crippen LogP contribution in [0.5, 0.6) is 0 Å². The molecule has 0 aromatic heterocycles. The van der Waals surface area contributed by atoms with Gasteiger partial charge in [-0.3, -0.25) is 14.4 Å². The Morgan fingerprint density at radius 3 is 2.32 bits per heavy atom. The van der Waals surface area contributed by atoms with Crippen molar-refractivity contribution in [1.29, 1.82) is 0 Å². The van der Waals surface area contributed by atoms with Gasteiger partial charge in [0.05, 0.1) is 6.42 Å². The highest BCUT2D eigenvalue weighted by atomic mass is 19.1. The Kier molecular flexibility index (Phi) is 6.62. The summed E-state index contributed by atoms with van der Waals surface area (Å²) in [5, 5.41) is 2.30. The number of nitrogens with one attached hydrogen (secondary N) is 1. The van der Waals surface area contributed by atoms with Crippen LogP contribution < -0.4 is 11.1 Å². The van der Waals surface area contributed by atoms with E-state index in [-0.39, 0.29) is 24.2 Å². The van der Waals surface area contributed by atoms with E-state index in [0.717, 1.165) is 12.1 Å². The Labute approximate surface area is 126 Å². The molecule has 7 heteroatoms. The van der Waals surface area contributed by atoms with Crippen molar-refractivity contribution >= 4 is 17.6 Å². The lowest BCUT2D eigenvalue weighted by Crippen LogP contribution is -2.45. The summed E-state index contributed by atoms with van der Waals surface area (Å²) in [5.74, 6) is -3.29. The smallest absolute Gasteiger partial charge is 0.240 e. The highest BCUT2D eigenvalue weighted by molar-refractivity contribution is 5.88. The molecular formula is C15H18F2N2O3. The summed E-state index contributed by atoms with van der Waals surface area (Å²) in [4.78, 5) is 34.3. The molecular weight excluding hydrogens is 294 g/mol. The summed E-state index contributed by atoms with van der Waals surface area (Å²) >= 11 is 0. The fourth-order valence-electron chi connectivity index (χ4n) is 1.87. The Balaban J connectivity index is 2.68. The molecule has 0 saturated heterocycles. The predicted octanol–water partition coefficient (Wildman–Crippen LogP) is 1.24. The third-order valence-corrected chi connectivity index (χ3v) is 3.18. The van der Waals surface area contributed by atoms with E-state index < -0.39 is 35.9 Å². The number of hydrogen-bond donors (Lipinski definition) is 2. The number of benzene rings is 1. The second kappa shape index (κ2) is 8.21. The SMILES string of the molecule is CCC(=O)CC[C@H](NC(=O)Cc1c(F)cccc1F)C(N)=O.